The minimum Gasteiger partial charge on any atom is -0.481 e. The third-order valence-electron chi connectivity index (χ3n) is 5.86. The maximum absolute atomic E-state index is 13.3. The van der Waals surface area contributed by atoms with Crippen molar-refractivity contribution >= 4 is 17.3 Å². The van der Waals surface area contributed by atoms with Crippen LogP contribution in [0, 0.1) is 11.7 Å². The Balaban J connectivity index is 1.37. The molecule has 0 aliphatic heterocycles. The fraction of sp³-hybridized carbons (Fsp3) is 0.280. The highest BCUT2D eigenvalue weighted by Gasteiger charge is 2.23. The van der Waals surface area contributed by atoms with Crippen molar-refractivity contribution in [3.8, 4) is 11.3 Å². The molecule has 1 fully saturated rings. The molecule has 0 amide bonds. The molecule has 5 heteroatoms. The van der Waals surface area contributed by atoms with Crippen molar-refractivity contribution in [1.29, 1.82) is 0 Å². The summed E-state index contributed by atoms with van der Waals surface area (Å²) >= 11 is 0. The molecule has 4 rings (SSSR count). The van der Waals surface area contributed by atoms with Gasteiger partial charge in [0, 0.05) is 17.7 Å². The molecule has 4 nitrogen and oxygen atoms in total. The Morgan fingerprint density at radius 2 is 1.77 bits per heavy atom. The van der Waals surface area contributed by atoms with E-state index >= 15 is 0 Å². The van der Waals surface area contributed by atoms with Crippen LogP contribution >= 0.6 is 0 Å². The summed E-state index contributed by atoms with van der Waals surface area (Å²) in [5.41, 5.74) is 4.75. The molecule has 1 aromatic heterocycles. The van der Waals surface area contributed by atoms with E-state index in [9.17, 15) is 9.18 Å². The van der Waals surface area contributed by atoms with Crippen LogP contribution in [0.1, 0.15) is 43.6 Å². The number of carbonyl (C=O) groups is 1. The van der Waals surface area contributed by atoms with Gasteiger partial charge < -0.3 is 10.4 Å². The Hall–Kier alpha value is -3.21. The molecule has 30 heavy (non-hydrogen) atoms. The lowest BCUT2D eigenvalue weighted by atomic mass is 9.77. The lowest BCUT2D eigenvalue weighted by Crippen LogP contribution is -2.16. The van der Waals surface area contributed by atoms with Gasteiger partial charge in [-0.2, -0.15) is 0 Å². The fourth-order valence-corrected chi connectivity index (χ4v) is 4.24. The first-order valence-corrected chi connectivity index (χ1v) is 10.4. The summed E-state index contributed by atoms with van der Waals surface area (Å²) in [6, 6.07) is 18.8. The third-order valence-corrected chi connectivity index (χ3v) is 5.86. The molecule has 0 unspecified atom stereocenters. The Morgan fingerprint density at radius 1 is 1.00 bits per heavy atom. The Morgan fingerprint density at radius 3 is 2.40 bits per heavy atom. The molecule has 0 bridgehead atoms. The maximum Gasteiger partial charge on any atom is 0.303 e. The summed E-state index contributed by atoms with van der Waals surface area (Å²) in [5, 5.41) is 12.1. The van der Waals surface area contributed by atoms with Crippen LogP contribution in [0.3, 0.4) is 0 Å². The lowest BCUT2D eigenvalue weighted by Gasteiger charge is -2.28. The first-order valence-electron chi connectivity index (χ1n) is 10.4. The zero-order valence-corrected chi connectivity index (χ0v) is 16.7. The number of pyridine rings is 1. The first-order chi connectivity index (χ1) is 14.6. The zero-order valence-electron chi connectivity index (χ0n) is 16.7. The van der Waals surface area contributed by atoms with Gasteiger partial charge in [0.15, 0.2) is 0 Å². The summed E-state index contributed by atoms with van der Waals surface area (Å²) in [4.78, 5) is 15.4. The molecule has 0 saturated heterocycles. The lowest BCUT2D eigenvalue weighted by molar-refractivity contribution is -0.138. The number of nitrogens with one attached hydrogen (secondary N) is 1. The van der Waals surface area contributed by atoms with Gasteiger partial charge in [0.25, 0.3) is 0 Å². The zero-order chi connectivity index (χ0) is 20.9. The van der Waals surface area contributed by atoms with Crippen molar-refractivity contribution in [2.75, 3.05) is 5.32 Å². The molecule has 1 aliphatic rings. The number of benzene rings is 2. The number of hydrogen-bond donors (Lipinski definition) is 2. The molecule has 3 aromatic rings. The summed E-state index contributed by atoms with van der Waals surface area (Å²) < 4.78 is 13.3. The summed E-state index contributed by atoms with van der Waals surface area (Å²) in [5.74, 6) is -0.135. The van der Waals surface area contributed by atoms with Crippen LogP contribution in [0.4, 0.5) is 15.8 Å². The van der Waals surface area contributed by atoms with Crippen LogP contribution in [0.5, 0.6) is 0 Å². The highest BCUT2D eigenvalue weighted by atomic mass is 19.1. The topological polar surface area (TPSA) is 62.2 Å². The largest absolute Gasteiger partial charge is 0.481 e. The van der Waals surface area contributed by atoms with E-state index in [1.807, 2.05) is 18.2 Å². The number of nitrogens with zero attached hydrogens (tertiary/aromatic N) is 1. The number of carboxylic acid groups (broad SMARTS) is 1. The Kier molecular flexibility index (Phi) is 6.07. The maximum atomic E-state index is 13.3. The summed E-state index contributed by atoms with van der Waals surface area (Å²) in [6.07, 6.45) is 6.12. The number of carboxylic acids is 1. The van der Waals surface area contributed by atoms with Crippen molar-refractivity contribution in [3.05, 3.63) is 78.2 Å². The van der Waals surface area contributed by atoms with Gasteiger partial charge in [-0.1, -0.05) is 30.3 Å². The second-order valence-corrected chi connectivity index (χ2v) is 8.00. The van der Waals surface area contributed by atoms with Crippen molar-refractivity contribution in [2.45, 2.75) is 38.0 Å². The van der Waals surface area contributed by atoms with E-state index in [0.29, 0.717) is 23.9 Å². The predicted molar refractivity (Wildman–Crippen MR) is 116 cm³/mol. The molecule has 2 N–H and O–H groups in total. The van der Waals surface area contributed by atoms with Crippen LogP contribution < -0.4 is 5.32 Å². The smallest absolute Gasteiger partial charge is 0.303 e. The van der Waals surface area contributed by atoms with Gasteiger partial charge in [-0.15, -0.1) is 0 Å². The Labute approximate surface area is 175 Å². The van der Waals surface area contributed by atoms with Crippen LogP contribution in [-0.4, -0.2) is 16.1 Å². The van der Waals surface area contributed by atoms with E-state index in [1.54, 1.807) is 12.3 Å². The number of anilines is 2. The van der Waals surface area contributed by atoms with Gasteiger partial charge >= 0.3 is 5.97 Å². The molecule has 154 valence electrons. The van der Waals surface area contributed by atoms with Gasteiger partial charge in [-0.25, -0.2) is 4.39 Å². The third kappa shape index (κ3) is 5.03. The monoisotopic (exact) mass is 404 g/mol. The second kappa shape index (κ2) is 9.08. The number of halogens is 1. The van der Waals surface area contributed by atoms with E-state index in [4.69, 9.17) is 5.11 Å². The minimum atomic E-state index is -0.688. The van der Waals surface area contributed by atoms with Crippen molar-refractivity contribution in [3.63, 3.8) is 0 Å². The normalized spacial score (nSPS) is 18.7. The average molecular weight is 404 g/mol. The second-order valence-electron chi connectivity index (χ2n) is 8.00. The van der Waals surface area contributed by atoms with Crippen LogP contribution in [0.25, 0.3) is 11.3 Å². The Bertz CT molecular complexity index is 994. The van der Waals surface area contributed by atoms with Crippen molar-refractivity contribution < 1.29 is 14.3 Å². The van der Waals surface area contributed by atoms with E-state index in [2.05, 4.69) is 34.6 Å². The van der Waals surface area contributed by atoms with Crippen LogP contribution in [-0.2, 0) is 4.79 Å². The number of rotatable bonds is 6. The van der Waals surface area contributed by atoms with Crippen LogP contribution in [0.2, 0.25) is 0 Å². The minimum absolute atomic E-state index is 0.278. The van der Waals surface area contributed by atoms with Crippen molar-refractivity contribution in [1.82, 2.24) is 4.98 Å². The van der Waals surface area contributed by atoms with Gasteiger partial charge in [0.1, 0.15) is 5.82 Å². The standard InChI is InChI=1S/C25H25FN2O2/c26-21-2-1-3-22(15-21)28-23-12-13-24(27-16-23)20-10-8-19(9-11-20)18-6-4-17(5-7-18)14-25(29)30/h1-3,8-13,15-18,28H,4-7,14H2,(H,29,30)/t17-,18+. The molecule has 0 spiro atoms. The van der Waals surface area contributed by atoms with E-state index < -0.39 is 5.97 Å². The van der Waals surface area contributed by atoms with E-state index in [-0.39, 0.29) is 5.82 Å². The van der Waals surface area contributed by atoms with Crippen LogP contribution in [0.15, 0.2) is 66.9 Å². The molecule has 1 saturated carbocycles. The fourth-order valence-electron chi connectivity index (χ4n) is 4.24. The molecule has 0 atom stereocenters. The molecule has 1 aliphatic carbocycles. The SMILES string of the molecule is O=C(O)C[C@H]1CC[C@@H](c2ccc(-c3ccc(Nc4cccc(F)c4)cn3)cc2)CC1. The van der Waals surface area contributed by atoms with Gasteiger partial charge in [-0.05, 0) is 73.4 Å². The average Bonchev–Trinajstić information content (AvgIpc) is 2.75. The van der Waals surface area contributed by atoms with Gasteiger partial charge in [0.05, 0.1) is 17.6 Å². The predicted octanol–water partition coefficient (Wildman–Crippen LogP) is 6.38. The number of hydrogen-bond acceptors (Lipinski definition) is 3. The molecule has 0 radical (unpaired) electrons. The summed E-state index contributed by atoms with van der Waals surface area (Å²) in [6.45, 7) is 0. The van der Waals surface area contributed by atoms with Crippen molar-refractivity contribution in [2.24, 2.45) is 5.92 Å². The van der Waals surface area contributed by atoms with Gasteiger partial charge in [-0.3, -0.25) is 9.78 Å². The molecular formula is C25H25FN2O2. The van der Waals surface area contributed by atoms with E-state index in [0.717, 1.165) is 42.6 Å². The highest BCUT2D eigenvalue weighted by Crippen LogP contribution is 2.37. The number of aliphatic carboxylic acids is 1. The molecule has 1 heterocycles. The summed E-state index contributed by atoms with van der Waals surface area (Å²) in [7, 11) is 0. The number of aromatic nitrogens is 1. The molecular weight excluding hydrogens is 379 g/mol. The molecule has 2 aromatic carbocycles. The first kappa shape index (κ1) is 20.1. The van der Waals surface area contributed by atoms with Gasteiger partial charge in [0.2, 0.25) is 0 Å². The quantitative estimate of drug-likeness (QED) is 0.500. The highest BCUT2D eigenvalue weighted by molar-refractivity contribution is 5.67. The van der Waals surface area contributed by atoms with E-state index in [1.165, 1.54) is 17.7 Å².